The fourth-order valence-electron chi connectivity index (χ4n) is 4.97. The maximum atomic E-state index is 13.9. The number of methoxy groups -OCH3 is 1. The van der Waals surface area contributed by atoms with E-state index < -0.39 is 12.7 Å². The number of benzene rings is 2. The fraction of sp³-hybridized carbons (Fsp3) is 0.462. The second kappa shape index (κ2) is 10.2. The second-order valence-electron chi connectivity index (χ2n) is 9.51. The van der Waals surface area contributed by atoms with E-state index in [2.05, 4.69) is 10.3 Å². The Morgan fingerprint density at radius 1 is 1.36 bits per heavy atom. The zero-order chi connectivity index (χ0) is 25.4. The van der Waals surface area contributed by atoms with E-state index in [1.165, 1.54) is 7.11 Å². The van der Waals surface area contributed by atoms with Crippen molar-refractivity contribution < 1.29 is 28.2 Å². The summed E-state index contributed by atoms with van der Waals surface area (Å²) < 4.78 is 31.0. The summed E-state index contributed by atoms with van der Waals surface area (Å²) in [7, 11) is 1.49. The minimum atomic E-state index is -0.711. The molecule has 192 valence electrons. The molecule has 1 aliphatic heterocycles. The number of aliphatic hydroxyl groups excluding tert-OH is 1. The number of ether oxygens (including phenoxy) is 2. The molecule has 0 bridgehead atoms. The number of hydrogen-bond donors (Lipinski definition) is 2. The van der Waals surface area contributed by atoms with Crippen LogP contribution in [0.4, 0.5) is 10.4 Å². The van der Waals surface area contributed by atoms with E-state index >= 15 is 0 Å². The van der Waals surface area contributed by atoms with Crippen LogP contribution in [-0.2, 0) is 4.74 Å². The Bertz CT molecular complexity index is 1250. The van der Waals surface area contributed by atoms with Gasteiger partial charge in [-0.3, -0.25) is 4.79 Å². The first-order chi connectivity index (χ1) is 17.4. The molecule has 5 rings (SSSR count). The summed E-state index contributed by atoms with van der Waals surface area (Å²) in [5, 5.41) is 13.3. The smallest absolute Gasteiger partial charge is 0.296 e. The van der Waals surface area contributed by atoms with Gasteiger partial charge in [0.05, 0.1) is 38.0 Å². The first-order valence-electron chi connectivity index (χ1n) is 12.0. The third-order valence-corrected chi connectivity index (χ3v) is 7.22. The van der Waals surface area contributed by atoms with Gasteiger partial charge in [-0.25, -0.2) is 4.39 Å². The van der Waals surface area contributed by atoms with Crippen LogP contribution in [0.25, 0.3) is 11.1 Å². The molecule has 1 unspecified atom stereocenters. The Labute approximate surface area is 213 Å². The topological polar surface area (TPSA) is 97.1 Å². The summed E-state index contributed by atoms with van der Waals surface area (Å²) in [4.78, 5) is 20.0. The lowest BCUT2D eigenvalue weighted by Crippen LogP contribution is -2.57. The Morgan fingerprint density at radius 3 is 2.86 bits per heavy atom. The van der Waals surface area contributed by atoms with Gasteiger partial charge in [0.15, 0.2) is 11.3 Å². The third kappa shape index (κ3) is 4.87. The van der Waals surface area contributed by atoms with Crippen molar-refractivity contribution >= 4 is 34.6 Å². The zero-order valence-electron chi connectivity index (χ0n) is 20.1. The average molecular weight is 518 g/mol. The number of fused-ring (bicyclic) bond motifs is 1. The van der Waals surface area contributed by atoms with Gasteiger partial charge in [0, 0.05) is 17.1 Å². The Morgan fingerprint density at radius 2 is 2.17 bits per heavy atom. The summed E-state index contributed by atoms with van der Waals surface area (Å²) in [6.45, 7) is 2.13. The second-order valence-corrected chi connectivity index (χ2v) is 9.94. The molecule has 2 N–H and O–H groups in total. The molecule has 3 atom stereocenters. The highest BCUT2D eigenvalue weighted by atomic mass is 35.5. The molecule has 8 nitrogen and oxygen atoms in total. The molecule has 1 aliphatic carbocycles. The molecule has 1 amide bonds. The van der Waals surface area contributed by atoms with Gasteiger partial charge in [-0.15, -0.1) is 0 Å². The van der Waals surface area contributed by atoms with Crippen molar-refractivity contribution in [1.29, 1.82) is 0 Å². The number of nitrogens with one attached hydrogen (secondary N) is 1. The Hall–Kier alpha value is -2.88. The van der Waals surface area contributed by atoms with Gasteiger partial charge in [0.1, 0.15) is 12.2 Å². The maximum absolute atomic E-state index is 13.9. The van der Waals surface area contributed by atoms with Crippen molar-refractivity contribution in [1.82, 2.24) is 9.88 Å². The number of rotatable bonds is 7. The number of aromatic nitrogens is 1. The van der Waals surface area contributed by atoms with Crippen molar-refractivity contribution in [2.75, 3.05) is 32.3 Å². The predicted molar refractivity (Wildman–Crippen MR) is 133 cm³/mol. The Kier molecular flexibility index (Phi) is 7.05. The lowest BCUT2D eigenvalue weighted by molar-refractivity contribution is -0.0894. The largest absolute Gasteiger partial charge is 0.493 e. The average Bonchev–Trinajstić information content (AvgIpc) is 3.27. The highest BCUT2D eigenvalue weighted by Gasteiger charge is 2.42. The summed E-state index contributed by atoms with van der Waals surface area (Å²) >= 11 is 6.06. The van der Waals surface area contributed by atoms with Crippen LogP contribution in [0.5, 0.6) is 5.75 Å². The molecular formula is C26H29ClFN3O5. The number of oxazole rings is 1. The molecule has 0 spiro atoms. The van der Waals surface area contributed by atoms with E-state index in [4.69, 9.17) is 25.5 Å². The molecule has 1 saturated heterocycles. The molecule has 0 radical (unpaired) electrons. The van der Waals surface area contributed by atoms with Crippen LogP contribution >= 0.6 is 11.6 Å². The number of carbonyl (C=O) groups excluding carboxylic acids is 1. The molecule has 2 aliphatic rings. The minimum Gasteiger partial charge on any atom is -0.493 e. The van der Waals surface area contributed by atoms with Crippen LogP contribution in [-0.4, -0.2) is 66.1 Å². The van der Waals surface area contributed by atoms with E-state index in [1.54, 1.807) is 36.4 Å². The third-order valence-electron chi connectivity index (χ3n) is 6.99. The number of alkyl halides is 1. The van der Waals surface area contributed by atoms with Gasteiger partial charge in [-0.1, -0.05) is 23.7 Å². The van der Waals surface area contributed by atoms with Gasteiger partial charge < -0.3 is 29.2 Å². The monoisotopic (exact) mass is 517 g/mol. The summed E-state index contributed by atoms with van der Waals surface area (Å²) in [6, 6.07) is 9.51. The van der Waals surface area contributed by atoms with Crippen LogP contribution in [0.3, 0.4) is 0 Å². The highest BCUT2D eigenvalue weighted by molar-refractivity contribution is 6.30. The van der Waals surface area contributed by atoms with E-state index in [9.17, 15) is 14.3 Å². The minimum absolute atomic E-state index is 0.0900. The summed E-state index contributed by atoms with van der Waals surface area (Å²) in [5.74, 6) is 0.400. The molecule has 10 heteroatoms. The molecular weight excluding hydrogens is 489 g/mol. The van der Waals surface area contributed by atoms with Crippen molar-refractivity contribution in [3.63, 3.8) is 0 Å². The number of amides is 1. The fourth-order valence-corrected chi connectivity index (χ4v) is 5.17. The van der Waals surface area contributed by atoms with Crippen molar-refractivity contribution in [2.45, 2.75) is 44.1 Å². The van der Waals surface area contributed by atoms with E-state index in [1.807, 2.05) is 11.8 Å². The molecule has 1 aromatic heterocycles. The standard InChI is InChI=1S/C26H29ClFN3O5/c1-14-12-31(22(13-35-14)16-7-19(32)8-16)25(33)17-9-20-24(23(10-17)34-2)36-26(29-20)30-21(11-28)15-4-3-5-18(27)6-15/h3-6,9-10,14,16,19,21-22,32H,7-8,11-13H2,1-2H3,(H,29,30)/t14-,16?,19?,21?,22+/m0/s1. The number of carbonyl (C=O) groups is 1. The summed E-state index contributed by atoms with van der Waals surface area (Å²) in [5.41, 5.74) is 1.84. The van der Waals surface area contributed by atoms with Crippen molar-refractivity contribution in [3.8, 4) is 5.75 Å². The maximum Gasteiger partial charge on any atom is 0.296 e. The molecule has 2 heterocycles. The quantitative estimate of drug-likeness (QED) is 0.472. The lowest BCUT2D eigenvalue weighted by atomic mass is 9.76. The Balaban J connectivity index is 1.43. The molecule has 3 aromatic rings. The van der Waals surface area contributed by atoms with Crippen molar-refractivity contribution in [3.05, 3.63) is 52.5 Å². The van der Waals surface area contributed by atoms with Gasteiger partial charge >= 0.3 is 0 Å². The number of anilines is 1. The SMILES string of the molecule is COc1cc(C(=O)N2C[C@H](C)OC[C@@H]2C2CC(O)C2)cc2nc(NC(CF)c3cccc(Cl)c3)oc12. The van der Waals surface area contributed by atoms with E-state index in [0.29, 0.717) is 59.0 Å². The van der Waals surface area contributed by atoms with Gasteiger partial charge in [0.2, 0.25) is 0 Å². The number of hydrogen-bond acceptors (Lipinski definition) is 7. The van der Waals surface area contributed by atoms with Gasteiger partial charge in [-0.05, 0) is 55.5 Å². The normalized spacial score (nSPS) is 24.9. The van der Waals surface area contributed by atoms with Gasteiger partial charge in [-0.2, -0.15) is 4.98 Å². The van der Waals surface area contributed by atoms with Crippen LogP contribution in [0, 0.1) is 5.92 Å². The van der Waals surface area contributed by atoms with E-state index in [-0.39, 0.29) is 36.1 Å². The van der Waals surface area contributed by atoms with Crippen LogP contribution < -0.4 is 10.1 Å². The van der Waals surface area contributed by atoms with Crippen LogP contribution in [0.2, 0.25) is 5.02 Å². The molecule has 2 fully saturated rings. The van der Waals surface area contributed by atoms with E-state index in [0.717, 1.165) is 0 Å². The first-order valence-corrected chi connectivity index (χ1v) is 12.4. The zero-order valence-corrected chi connectivity index (χ0v) is 20.9. The lowest BCUT2D eigenvalue weighted by Gasteiger charge is -2.47. The molecule has 1 saturated carbocycles. The molecule has 2 aromatic carbocycles. The van der Waals surface area contributed by atoms with Crippen LogP contribution in [0.15, 0.2) is 40.8 Å². The number of morpholine rings is 1. The molecule has 36 heavy (non-hydrogen) atoms. The number of halogens is 2. The highest BCUT2D eigenvalue weighted by Crippen LogP contribution is 2.37. The summed E-state index contributed by atoms with van der Waals surface area (Å²) in [6.07, 6.45) is 0.918. The number of nitrogens with zero attached hydrogens (tertiary/aromatic N) is 2. The van der Waals surface area contributed by atoms with Gasteiger partial charge in [0.25, 0.3) is 11.9 Å². The first kappa shape index (κ1) is 24.8. The van der Waals surface area contributed by atoms with Crippen molar-refractivity contribution in [2.24, 2.45) is 5.92 Å². The number of aliphatic hydroxyl groups is 1. The van der Waals surface area contributed by atoms with Crippen LogP contribution in [0.1, 0.15) is 41.7 Å². The predicted octanol–water partition coefficient (Wildman–Crippen LogP) is 4.61.